The zero-order valence-electron chi connectivity index (χ0n) is 18.4. The Morgan fingerprint density at radius 2 is 1.93 bits per heavy atom. The summed E-state index contributed by atoms with van der Waals surface area (Å²) in [6.45, 7) is 11.9. The standard InChI is InChI=1S/C22H34N6O/c1-6-23-22(26(5)17-21(29)27(7-2)8-3)25-15-19-10-9-11-20(14-19)16-28-13-12-24-18(28)4/h9-14H,6-8,15-17H2,1-5H3,(H,23,25). The van der Waals surface area contributed by atoms with E-state index in [1.54, 1.807) is 0 Å². The summed E-state index contributed by atoms with van der Waals surface area (Å²) in [7, 11) is 1.90. The van der Waals surface area contributed by atoms with E-state index in [-0.39, 0.29) is 5.91 Å². The number of hydrogen-bond acceptors (Lipinski definition) is 3. The van der Waals surface area contributed by atoms with Crippen molar-refractivity contribution in [2.24, 2.45) is 4.99 Å². The summed E-state index contributed by atoms with van der Waals surface area (Å²) in [5, 5.41) is 3.28. The molecule has 7 nitrogen and oxygen atoms in total. The Hall–Kier alpha value is -2.83. The van der Waals surface area contributed by atoms with Crippen molar-refractivity contribution in [2.45, 2.75) is 40.8 Å². The lowest BCUT2D eigenvalue weighted by Crippen LogP contribution is -2.45. The molecule has 0 saturated heterocycles. The molecule has 0 fully saturated rings. The van der Waals surface area contributed by atoms with Crippen LogP contribution in [0.3, 0.4) is 0 Å². The molecule has 1 heterocycles. The van der Waals surface area contributed by atoms with Crippen LogP contribution in [-0.2, 0) is 17.9 Å². The third-order valence-corrected chi connectivity index (χ3v) is 4.86. The summed E-state index contributed by atoms with van der Waals surface area (Å²) in [6.07, 6.45) is 3.81. The van der Waals surface area contributed by atoms with E-state index in [0.29, 0.717) is 13.1 Å². The van der Waals surface area contributed by atoms with E-state index in [1.807, 2.05) is 56.9 Å². The Morgan fingerprint density at radius 1 is 1.21 bits per heavy atom. The highest BCUT2D eigenvalue weighted by Crippen LogP contribution is 2.10. The Balaban J connectivity index is 2.06. The first kappa shape index (κ1) is 22.5. The molecule has 0 bridgehead atoms. The Bertz CT molecular complexity index is 809. The molecule has 0 spiro atoms. The molecule has 1 aromatic carbocycles. The molecule has 1 aromatic heterocycles. The van der Waals surface area contributed by atoms with Crippen molar-refractivity contribution in [1.29, 1.82) is 0 Å². The van der Waals surface area contributed by atoms with E-state index in [2.05, 4.69) is 39.1 Å². The van der Waals surface area contributed by atoms with Crippen LogP contribution in [0, 0.1) is 6.92 Å². The summed E-state index contributed by atoms with van der Waals surface area (Å²) < 4.78 is 2.12. The monoisotopic (exact) mass is 398 g/mol. The van der Waals surface area contributed by atoms with E-state index < -0.39 is 0 Å². The number of nitrogens with one attached hydrogen (secondary N) is 1. The van der Waals surface area contributed by atoms with Crippen LogP contribution in [0.25, 0.3) is 0 Å². The fourth-order valence-electron chi connectivity index (χ4n) is 3.18. The number of likely N-dealkylation sites (N-methyl/N-ethyl adjacent to an activating group) is 2. The van der Waals surface area contributed by atoms with E-state index in [9.17, 15) is 4.79 Å². The lowest BCUT2D eigenvalue weighted by Gasteiger charge is -2.25. The minimum Gasteiger partial charge on any atom is -0.357 e. The van der Waals surface area contributed by atoms with E-state index >= 15 is 0 Å². The average Bonchev–Trinajstić information content (AvgIpc) is 3.10. The number of benzene rings is 1. The van der Waals surface area contributed by atoms with Gasteiger partial charge in [0.1, 0.15) is 5.82 Å². The Kier molecular flexibility index (Phi) is 8.70. The minimum absolute atomic E-state index is 0.112. The van der Waals surface area contributed by atoms with Crippen LogP contribution >= 0.6 is 0 Å². The normalized spacial score (nSPS) is 11.4. The number of carbonyl (C=O) groups is 1. The van der Waals surface area contributed by atoms with Crippen molar-refractivity contribution < 1.29 is 4.79 Å². The van der Waals surface area contributed by atoms with E-state index in [0.717, 1.165) is 43.5 Å². The number of guanidine groups is 1. The van der Waals surface area contributed by atoms with Crippen LogP contribution in [0.5, 0.6) is 0 Å². The zero-order valence-corrected chi connectivity index (χ0v) is 18.4. The molecule has 0 aliphatic heterocycles. The molecule has 1 amide bonds. The van der Waals surface area contributed by atoms with Gasteiger partial charge in [-0.2, -0.15) is 0 Å². The molecule has 0 saturated carbocycles. The number of imidazole rings is 1. The molecule has 158 valence electrons. The average molecular weight is 399 g/mol. The molecule has 0 aliphatic carbocycles. The number of amides is 1. The van der Waals surface area contributed by atoms with Gasteiger partial charge in [-0.25, -0.2) is 9.98 Å². The number of nitrogens with zero attached hydrogens (tertiary/aromatic N) is 5. The van der Waals surface area contributed by atoms with Gasteiger partial charge in [0.25, 0.3) is 0 Å². The smallest absolute Gasteiger partial charge is 0.242 e. The van der Waals surface area contributed by atoms with Crippen LogP contribution in [0.1, 0.15) is 37.7 Å². The van der Waals surface area contributed by atoms with Crippen LogP contribution in [0.2, 0.25) is 0 Å². The van der Waals surface area contributed by atoms with Gasteiger partial charge in [0, 0.05) is 45.6 Å². The number of aryl methyl sites for hydroxylation is 1. The van der Waals surface area contributed by atoms with E-state index in [1.165, 1.54) is 5.56 Å². The molecule has 0 atom stereocenters. The summed E-state index contributed by atoms with van der Waals surface area (Å²) in [5.74, 6) is 1.85. The Morgan fingerprint density at radius 3 is 2.55 bits per heavy atom. The van der Waals surface area contributed by atoms with Crippen LogP contribution in [-0.4, -0.2) is 64.4 Å². The fourth-order valence-corrected chi connectivity index (χ4v) is 3.18. The molecule has 0 aliphatic rings. The second-order valence-corrected chi connectivity index (χ2v) is 7.01. The van der Waals surface area contributed by atoms with Gasteiger partial charge in [0.15, 0.2) is 5.96 Å². The maximum absolute atomic E-state index is 12.4. The number of aromatic nitrogens is 2. The molecule has 7 heteroatoms. The molecule has 29 heavy (non-hydrogen) atoms. The predicted molar refractivity (Wildman–Crippen MR) is 118 cm³/mol. The SMILES string of the molecule is CCNC(=NCc1cccc(Cn2ccnc2C)c1)N(C)CC(=O)N(CC)CC. The molecular formula is C22H34N6O. The zero-order chi connectivity index (χ0) is 21.2. The number of carbonyl (C=O) groups excluding carboxylic acids is 1. The highest BCUT2D eigenvalue weighted by Gasteiger charge is 2.15. The van der Waals surface area contributed by atoms with Gasteiger partial charge in [-0.1, -0.05) is 24.3 Å². The number of aliphatic imine (C=N–C) groups is 1. The molecular weight excluding hydrogens is 364 g/mol. The minimum atomic E-state index is 0.112. The molecule has 1 N–H and O–H groups in total. The topological polar surface area (TPSA) is 65.8 Å². The van der Waals surface area contributed by atoms with Gasteiger partial charge in [-0.3, -0.25) is 4.79 Å². The second-order valence-electron chi connectivity index (χ2n) is 7.01. The third-order valence-electron chi connectivity index (χ3n) is 4.86. The Labute approximate surface area is 174 Å². The maximum atomic E-state index is 12.4. The van der Waals surface area contributed by atoms with Gasteiger partial charge in [-0.05, 0) is 38.8 Å². The highest BCUT2D eigenvalue weighted by molar-refractivity contribution is 5.86. The van der Waals surface area contributed by atoms with Crippen molar-refractivity contribution in [3.63, 3.8) is 0 Å². The van der Waals surface area contributed by atoms with Crippen molar-refractivity contribution in [2.75, 3.05) is 33.2 Å². The molecule has 2 aromatic rings. The van der Waals surface area contributed by atoms with Crippen LogP contribution < -0.4 is 5.32 Å². The van der Waals surface area contributed by atoms with E-state index in [4.69, 9.17) is 4.99 Å². The lowest BCUT2D eigenvalue weighted by molar-refractivity contribution is -0.131. The number of rotatable bonds is 9. The first-order chi connectivity index (χ1) is 14.0. The fraction of sp³-hybridized carbons (Fsp3) is 0.500. The maximum Gasteiger partial charge on any atom is 0.242 e. The summed E-state index contributed by atoms with van der Waals surface area (Å²) in [4.78, 5) is 25.2. The van der Waals surface area contributed by atoms with Gasteiger partial charge >= 0.3 is 0 Å². The summed E-state index contributed by atoms with van der Waals surface area (Å²) >= 11 is 0. The van der Waals surface area contributed by atoms with Crippen molar-refractivity contribution in [1.82, 2.24) is 24.7 Å². The van der Waals surface area contributed by atoms with Crippen LogP contribution in [0.15, 0.2) is 41.7 Å². The van der Waals surface area contributed by atoms with Gasteiger partial charge < -0.3 is 19.7 Å². The summed E-state index contributed by atoms with van der Waals surface area (Å²) in [6, 6.07) is 8.44. The quantitative estimate of drug-likeness (QED) is 0.521. The predicted octanol–water partition coefficient (Wildman–Crippen LogP) is 2.51. The van der Waals surface area contributed by atoms with Crippen molar-refractivity contribution in [3.8, 4) is 0 Å². The molecule has 0 radical (unpaired) electrons. The first-order valence-corrected chi connectivity index (χ1v) is 10.3. The largest absolute Gasteiger partial charge is 0.357 e. The van der Waals surface area contributed by atoms with Gasteiger partial charge in [-0.15, -0.1) is 0 Å². The second kappa shape index (κ2) is 11.2. The molecule has 2 rings (SSSR count). The van der Waals surface area contributed by atoms with Crippen molar-refractivity contribution >= 4 is 11.9 Å². The first-order valence-electron chi connectivity index (χ1n) is 10.3. The van der Waals surface area contributed by atoms with Gasteiger partial charge in [0.2, 0.25) is 5.91 Å². The lowest BCUT2D eigenvalue weighted by atomic mass is 10.1. The number of hydrogen-bond donors (Lipinski definition) is 1. The van der Waals surface area contributed by atoms with Crippen LogP contribution in [0.4, 0.5) is 0 Å². The summed E-state index contributed by atoms with van der Waals surface area (Å²) in [5.41, 5.74) is 2.35. The van der Waals surface area contributed by atoms with Crippen molar-refractivity contribution in [3.05, 3.63) is 53.6 Å². The van der Waals surface area contributed by atoms with Gasteiger partial charge in [0.05, 0.1) is 13.1 Å². The third kappa shape index (κ3) is 6.62. The molecule has 0 unspecified atom stereocenters. The highest BCUT2D eigenvalue weighted by atomic mass is 16.2.